The monoisotopic (exact) mass is 246 g/mol. The Morgan fingerprint density at radius 2 is 1.12 bits per heavy atom. The lowest BCUT2D eigenvalue weighted by Gasteiger charge is -2.28. The molecule has 0 aliphatic rings. The van der Waals surface area contributed by atoms with Gasteiger partial charge in [-0.3, -0.25) is 0 Å². The summed E-state index contributed by atoms with van der Waals surface area (Å²) in [6.07, 6.45) is 0. The topological polar surface area (TPSA) is 40.5 Å². The standard InChI is InChI=1S/C14H15O2P/c1-14(15,16)17(12-8-4-2-5-9-12)13-10-6-3-7-11-13/h2-11,15-16H,1H3. The van der Waals surface area contributed by atoms with Crippen LogP contribution in [0.25, 0.3) is 0 Å². The van der Waals surface area contributed by atoms with Crippen LogP contribution < -0.4 is 10.6 Å². The van der Waals surface area contributed by atoms with Gasteiger partial charge in [0.05, 0.1) is 0 Å². The SMILES string of the molecule is CC(O)(O)P(c1ccccc1)c1ccccc1. The molecule has 2 aromatic rings. The fraction of sp³-hybridized carbons (Fsp3) is 0.143. The minimum atomic E-state index is -1.71. The van der Waals surface area contributed by atoms with Crippen molar-refractivity contribution >= 4 is 18.5 Å². The Morgan fingerprint density at radius 1 is 0.765 bits per heavy atom. The van der Waals surface area contributed by atoms with Gasteiger partial charge in [-0.1, -0.05) is 60.7 Å². The number of benzene rings is 2. The zero-order valence-electron chi connectivity index (χ0n) is 9.62. The first-order valence-corrected chi connectivity index (χ1v) is 6.78. The van der Waals surface area contributed by atoms with Gasteiger partial charge in [-0.15, -0.1) is 0 Å². The van der Waals surface area contributed by atoms with Gasteiger partial charge in [-0.2, -0.15) is 0 Å². The van der Waals surface area contributed by atoms with E-state index in [2.05, 4.69) is 0 Å². The van der Waals surface area contributed by atoms with E-state index in [-0.39, 0.29) is 0 Å². The molecule has 0 radical (unpaired) electrons. The maximum absolute atomic E-state index is 9.97. The molecule has 2 N–H and O–H groups in total. The number of aliphatic hydroxyl groups is 2. The first-order valence-electron chi connectivity index (χ1n) is 5.44. The highest BCUT2D eigenvalue weighted by Gasteiger charge is 2.31. The summed E-state index contributed by atoms with van der Waals surface area (Å²) in [6.45, 7) is 1.44. The molecule has 0 unspecified atom stereocenters. The lowest BCUT2D eigenvalue weighted by Crippen LogP contribution is -2.31. The average molecular weight is 246 g/mol. The second-order valence-corrected chi connectivity index (χ2v) is 6.53. The van der Waals surface area contributed by atoms with Gasteiger partial charge in [0, 0.05) is 7.92 Å². The van der Waals surface area contributed by atoms with Gasteiger partial charge < -0.3 is 10.2 Å². The number of hydrogen-bond donors (Lipinski definition) is 2. The Morgan fingerprint density at radius 3 is 1.41 bits per heavy atom. The lowest BCUT2D eigenvalue weighted by atomic mass is 10.4. The lowest BCUT2D eigenvalue weighted by molar-refractivity contribution is -0.0634. The van der Waals surface area contributed by atoms with E-state index in [9.17, 15) is 10.2 Å². The van der Waals surface area contributed by atoms with E-state index in [0.29, 0.717) is 0 Å². The van der Waals surface area contributed by atoms with E-state index in [1.54, 1.807) is 0 Å². The fourth-order valence-electron chi connectivity index (χ4n) is 1.79. The Balaban J connectivity index is 2.48. The molecule has 0 aliphatic carbocycles. The molecule has 0 amide bonds. The van der Waals surface area contributed by atoms with Crippen LogP contribution >= 0.6 is 7.92 Å². The maximum Gasteiger partial charge on any atom is 0.187 e. The van der Waals surface area contributed by atoms with Crippen LogP contribution in [-0.4, -0.2) is 15.7 Å². The maximum atomic E-state index is 9.97. The van der Waals surface area contributed by atoms with Gasteiger partial charge in [0.15, 0.2) is 5.53 Å². The highest BCUT2D eigenvalue weighted by molar-refractivity contribution is 7.73. The van der Waals surface area contributed by atoms with Crippen LogP contribution in [0.1, 0.15) is 6.92 Å². The summed E-state index contributed by atoms with van der Waals surface area (Å²) in [4.78, 5) is 0. The molecule has 0 aliphatic heterocycles. The molecule has 2 rings (SSSR count). The molecule has 17 heavy (non-hydrogen) atoms. The molecule has 2 aromatic carbocycles. The van der Waals surface area contributed by atoms with Crippen molar-refractivity contribution in [1.29, 1.82) is 0 Å². The largest absolute Gasteiger partial charge is 0.362 e. The summed E-state index contributed by atoms with van der Waals surface area (Å²) in [5, 5.41) is 21.9. The highest BCUT2D eigenvalue weighted by Crippen LogP contribution is 2.44. The van der Waals surface area contributed by atoms with Crippen molar-refractivity contribution in [2.24, 2.45) is 0 Å². The van der Waals surface area contributed by atoms with Crippen molar-refractivity contribution in [3.63, 3.8) is 0 Å². The van der Waals surface area contributed by atoms with Crippen LogP contribution in [0.2, 0.25) is 0 Å². The molecular weight excluding hydrogens is 231 g/mol. The second kappa shape index (κ2) is 4.97. The van der Waals surface area contributed by atoms with E-state index >= 15 is 0 Å². The van der Waals surface area contributed by atoms with Crippen LogP contribution in [0.15, 0.2) is 60.7 Å². The van der Waals surface area contributed by atoms with Crippen LogP contribution in [0, 0.1) is 0 Å². The summed E-state index contributed by atoms with van der Waals surface area (Å²) >= 11 is 0. The average Bonchev–Trinajstić information content (AvgIpc) is 2.30. The van der Waals surface area contributed by atoms with Gasteiger partial charge in [0.2, 0.25) is 0 Å². The van der Waals surface area contributed by atoms with Gasteiger partial charge in [0.25, 0.3) is 0 Å². The smallest absolute Gasteiger partial charge is 0.187 e. The van der Waals surface area contributed by atoms with Gasteiger partial charge in [-0.05, 0) is 17.5 Å². The quantitative estimate of drug-likeness (QED) is 0.640. The number of hydrogen-bond acceptors (Lipinski definition) is 2. The van der Waals surface area contributed by atoms with Crippen molar-refractivity contribution in [3.05, 3.63) is 60.7 Å². The summed E-state index contributed by atoms with van der Waals surface area (Å²) in [5.41, 5.74) is -1.71. The first-order chi connectivity index (χ1) is 8.09. The van der Waals surface area contributed by atoms with Crippen molar-refractivity contribution in [2.75, 3.05) is 0 Å². The van der Waals surface area contributed by atoms with E-state index < -0.39 is 13.4 Å². The van der Waals surface area contributed by atoms with Crippen molar-refractivity contribution in [1.82, 2.24) is 0 Å². The minimum Gasteiger partial charge on any atom is -0.362 e. The second-order valence-electron chi connectivity index (χ2n) is 3.98. The molecule has 0 atom stereocenters. The summed E-state index contributed by atoms with van der Waals surface area (Å²) in [7, 11) is -1.18. The molecule has 0 fully saturated rings. The Hall–Kier alpha value is -1.21. The van der Waals surface area contributed by atoms with Crippen molar-refractivity contribution in [2.45, 2.75) is 12.5 Å². The van der Waals surface area contributed by atoms with Crippen LogP contribution in [-0.2, 0) is 0 Å². The molecule has 0 saturated heterocycles. The van der Waals surface area contributed by atoms with Gasteiger partial charge >= 0.3 is 0 Å². The Kier molecular flexibility index (Phi) is 3.58. The summed E-state index contributed by atoms with van der Waals surface area (Å²) in [6, 6.07) is 19.2. The molecule has 0 saturated carbocycles. The molecule has 0 spiro atoms. The van der Waals surface area contributed by atoms with E-state index in [1.165, 1.54) is 6.92 Å². The van der Waals surface area contributed by atoms with Crippen LogP contribution in [0.3, 0.4) is 0 Å². The third kappa shape index (κ3) is 2.92. The summed E-state index contributed by atoms with van der Waals surface area (Å²) < 4.78 is 0. The van der Waals surface area contributed by atoms with Crippen molar-refractivity contribution in [3.8, 4) is 0 Å². The van der Waals surface area contributed by atoms with Crippen molar-refractivity contribution < 1.29 is 10.2 Å². The number of rotatable bonds is 3. The first kappa shape index (κ1) is 12.3. The molecule has 3 heteroatoms. The van der Waals surface area contributed by atoms with E-state index in [4.69, 9.17) is 0 Å². The van der Waals surface area contributed by atoms with E-state index in [1.807, 2.05) is 60.7 Å². The predicted octanol–water partition coefficient (Wildman–Crippen LogP) is 1.78. The molecule has 0 bridgehead atoms. The Bertz CT molecular complexity index is 423. The fourth-order valence-corrected chi connectivity index (χ4v) is 4.01. The van der Waals surface area contributed by atoms with Crippen LogP contribution in [0.4, 0.5) is 0 Å². The third-order valence-electron chi connectivity index (χ3n) is 2.45. The zero-order chi connectivity index (χ0) is 12.3. The molecule has 88 valence electrons. The third-order valence-corrected chi connectivity index (χ3v) is 4.93. The molecular formula is C14H15O2P. The minimum absolute atomic E-state index is 0.959. The molecule has 0 heterocycles. The summed E-state index contributed by atoms with van der Waals surface area (Å²) in [5.74, 6) is 0. The van der Waals surface area contributed by atoms with Crippen LogP contribution in [0.5, 0.6) is 0 Å². The molecule has 0 aromatic heterocycles. The van der Waals surface area contributed by atoms with E-state index in [0.717, 1.165) is 10.6 Å². The zero-order valence-corrected chi connectivity index (χ0v) is 10.5. The highest BCUT2D eigenvalue weighted by atomic mass is 31.1. The predicted molar refractivity (Wildman–Crippen MR) is 71.9 cm³/mol. The van der Waals surface area contributed by atoms with Gasteiger partial charge in [-0.25, -0.2) is 0 Å². The molecule has 2 nitrogen and oxygen atoms in total. The Labute approximate surface area is 102 Å². The normalized spacial score (nSPS) is 11.8. The van der Waals surface area contributed by atoms with Gasteiger partial charge in [0.1, 0.15) is 0 Å².